The number of carbonyl (C=O) groups is 1. The molecule has 0 bridgehead atoms. The van der Waals surface area contributed by atoms with E-state index in [2.05, 4.69) is 26.9 Å². The maximum Gasteiger partial charge on any atom is 0.254 e. The molecule has 2 aromatic rings. The normalized spacial score (nSPS) is 15.5. The maximum atomic E-state index is 13.7. The number of benzene rings is 2. The number of hydrogen-bond acceptors (Lipinski definition) is 2. The Bertz CT molecular complexity index is 742. The highest BCUT2D eigenvalue weighted by molar-refractivity contribution is 9.10. The van der Waals surface area contributed by atoms with Gasteiger partial charge in [0.25, 0.3) is 5.91 Å². The van der Waals surface area contributed by atoms with Crippen molar-refractivity contribution in [3.63, 3.8) is 0 Å². The summed E-state index contributed by atoms with van der Waals surface area (Å²) < 4.78 is 14.8. The number of aryl methyl sites for hydroxylation is 1. The van der Waals surface area contributed by atoms with Gasteiger partial charge in [-0.05, 0) is 36.2 Å². The van der Waals surface area contributed by atoms with E-state index in [1.807, 2.05) is 18.2 Å². The van der Waals surface area contributed by atoms with Crippen LogP contribution in [0.4, 0.5) is 4.39 Å². The molecule has 0 unspecified atom stereocenters. The minimum absolute atomic E-state index is 0.0885. The molecule has 0 aliphatic carbocycles. The molecule has 0 aromatic heterocycles. The van der Waals surface area contributed by atoms with Crippen LogP contribution in [-0.4, -0.2) is 41.9 Å². The highest BCUT2D eigenvalue weighted by Gasteiger charge is 2.22. The van der Waals surface area contributed by atoms with Crippen molar-refractivity contribution in [2.24, 2.45) is 0 Å². The van der Waals surface area contributed by atoms with Gasteiger partial charge in [0.2, 0.25) is 0 Å². The lowest BCUT2D eigenvalue weighted by Gasteiger charge is -2.35. The first-order chi connectivity index (χ1) is 11.5. The van der Waals surface area contributed by atoms with Crippen molar-refractivity contribution < 1.29 is 9.18 Å². The number of rotatable bonds is 3. The van der Waals surface area contributed by atoms with Gasteiger partial charge in [-0.15, -0.1) is 0 Å². The second-order valence-corrected chi connectivity index (χ2v) is 6.98. The minimum Gasteiger partial charge on any atom is -0.336 e. The number of carbonyl (C=O) groups excluding carboxylic acids is 1. The van der Waals surface area contributed by atoms with Gasteiger partial charge in [-0.1, -0.05) is 40.2 Å². The van der Waals surface area contributed by atoms with E-state index < -0.39 is 0 Å². The van der Waals surface area contributed by atoms with Crippen LogP contribution in [0.25, 0.3) is 0 Å². The standard InChI is InChI=1S/C19H20BrFN2O/c1-14-6-7-15(12-18(14)21)19(24)23-10-8-22(9-11-23)13-16-4-2-3-5-17(16)20/h2-7,12H,8-11,13H2,1H3. The summed E-state index contributed by atoms with van der Waals surface area (Å²) in [7, 11) is 0. The average Bonchev–Trinajstić information content (AvgIpc) is 2.59. The first kappa shape index (κ1) is 17.1. The summed E-state index contributed by atoms with van der Waals surface area (Å²) in [5.74, 6) is -0.414. The molecule has 3 rings (SSSR count). The zero-order chi connectivity index (χ0) is 17.1. The second-order valence-electron chi connectivity index (χ2n) is 6.12. The predicted molar refractivity (Wildman–Crippen MR) is 96.5 cm³/mol. The third-order valence-corrected chi connectivity index (χ3v) is 5.20. The number of hydrogen-bond donors (Lipinski definition) is 0. The van der Waals surface area contributed by atoms with Gasteiger partial charge in [-0.25, -0.2) is 4.39 Å². The molecule has 5 heteroatoms. The molecule has 1 amide bonds. The van der Waals surface area contributed by atoms with Crippen LogP contribution < -0.4 is 0 Å². The van der Waals surface area contributed by atoms with Crippen LogP contribution in [0.5, 0.6) is 0 Å². The quantitative estimate of drug-likeness (QED) is 0.794. The van der Waals surface area contributed by atoms with Gasteiger partial charge >= 0.3 is 0 Å². The lowest BCUT2D eigenvalue weighted by Crippen LogP contribution is -2.48. The summed E-state index contributed by atoms with van der Waals surface area (Å²) in [6.45, 7) is 5.53. The molecular formula is C19H20BrFN2O. The Morgan fingerprint density at radius 3 is 2.50 bits per heavy atom. The Balaban J connectivity index is 1.59. The van der Waals surface area contributed by atoms with E-state index in [1.54, 1.807) is 24.0 Å². The van der Waals surface area contributed by atoms with E-state index in [9.17, 15) is 9.18 Å². The maximum absolute atomic E-state index is 13.7. The fourth-order valence-corrected chi connectivity index (χ4v) is 3.30. The van der Waals surface area contributed by atoms with Crippen molar-refractivity contribution in [1.29, 1.82) is 0 Å². The Kier molecular flexibility index (Phi) is 5.31. The van der Waals surface area contributed by atoms with Crippen LogP contribution in [0.2, 0.25) is 0 Å². The van der Waals surface area contributed by atoms with Crippen molar-refractivity contribution in [1.82, 2.24) is 9.80 Å². The van der Waals surface area contributed by atoms with Crippen molar-refractivity contribution in [3.8, 4) is 0 Å². The molecule has 0 radical (unpaired) electrons. The average molecular weight is 391 g/mol. The van der Waals surface area contributed by atoms with Crippen LogP contribution in [-0.2, 0) is 6.54 Å². The molecule has 3 nitrogen and oxygen atoms in total. The van der Waals surface area contributed by atoms with Gasteiger partial charge < -0.3 is 4.90 Å². The summed E-state index contributed by atoms with van der Waals surface area (Å²) in [6, 6.07) is 12.9. The van der Waals surface area contributed by atoms with Crippen molar-refractivity contribution in [3.05, 3.63) is 69.4 Å². The molecule has 1 heterocycles. The molecule has 126 valence electrons. The third kappa shape index (κ3) is 3.84. The van der Waals surface area contributed by atoms with Gasteiger partial charge in [0.1, 0.15) is 5.82 Å². The van der Waals surface area contributed by atoms with E-state index in [0.717, 1.165) is 24.1 Å². The largest absolute Gasteiger partial charge is 0.336 e. The molecule has 2 aromatic carbocycles. The third-order valence-electron chi connectivity index (χ3n) is 4.43. The first-order valence-corrected chi connectivity index (χ1v) is 8.85. The Hall–Kier alpha value is -1.72. The minimum atomic E-state index is -0.326. The van der Waals surface area contributed by atoms with E-state index in [4.69, 9.17) is 0 Å². The molecule has 1 aliphatic heterocycles. The van der Waals surface area contributed by atoms with Crippen LogP contribution in [0.1, 0.15) is 21.5 Å². The zero-order valence-corrected chi connectivity index (χ0v) is 15.2. The van der Waals surface area contributed by atoms with Crippen LogP contribution >= 0.6 is 15.9 Å². The summed E-state index contributed by atoms with van der Waals surface area (Å²) >= 11 is 3.57. The summed E-state index contributed by atoms with van der Waals surface area (Å²) in [4.78, 5) is 16.7. The molecule has 1 saturated heterocycles. The van der Waals surface area contributed by atoms with Gasteiger partial charge in [-0.3, -0.25) is 9.69 Å². The highest BCUT2D eigenvalue weighted by Crippen LogP contribution is 2.19. The summed E-state index contributed by atoms with van der Waals surface area (Å²) in [5, 5.41) is 0. The SMILES string of the molecule is Cc1ccc(C(=O)N2CCN(Cc3ccccc3Br)CC2)cc1F. The summed E-state index contributed by atoms with van der Waals surface area (Å²) in [6.07, 6.45) is 0. The Labute approximate surface area is 150 Å². The molecular weight excluding hydrogens is 371 g/mol. The van der Waals surface area contributed by atoms with E-state index in [1.165, 1.54) is 11.6 Å². The van der Waals surface area contributed by atoms with Gasteiger partial charge in [0.15, 0.2) is 0 Å². The van der Waals surface area contributed by atoms with Crippen LogP contribution in [0.15, 0.2) is 46.9 Å². The lowest BCUT2D eigenvalue weighted by atomic mass is 10.1. The molecule has 0 atom stereocenters. The van der Waals surface area contributed by atoms with Gasteiger partial charge in [0.05, 0.1) is 0 Å². The van der Waals surface area contributed by atoms with Crippen LogP contribution in [0.3, 0.4) is 0 Å². The van der Waals surface area contributed by atoms with Gasteiger partial charge in [0, 0.05) is 42.8 Å². The molecule has 1 aliphatic rings. The van der Waals surface area contributed by atoms with Gasteiger partial charge in [-0.2, -0.15) is 0 Å². The smallest absolute Gasteiger partial charge is 0.254 e. The van der Waals surface area contributed by atoms with Crippen molar-refractivity contribution >= 4 is 21.8 Å². The number of halogens is 2. The Morgan fingerprint density at radius 2 is 1.83 bits per heavy atom. The summed E-state index contributed by atoms with van der Waals surface area (Å²) in [5.41, 5.74) is 2.24. The first-order valence-electron chi connectivity index (χ1n) is 8.06. The topological polar surface area (TPSA) is 23.6 Å². The molecule has 0 spiro atoms. The fourth-order valence-electron chi connectivity index (χ4n) is 2.89. The van der Waals surface area contributed by atoms with Crippen molar-refractivity contribution in [2.45, 2.75) is 13.5 Å². The van der Waals surface area contributed by atoms with E-state index >= 15 is 0 Å². The Morgan fingerprint density at radius 1 is 1.12 bits per heavy atom. The zero-order valence-electron chi connectivity index (χ0n) is 13.6. The lowest BCUT2D eigenvalue weighted by molar-refractivity contribution is 0.0627. The van der Waals surface area contributed by atoms with Crippen LogP contribution in [0, 0.1) is 12.7 Å². The van der Waals surface area contributed by atoms with E-state index in [-0.39, 0.29) is 11.7 Å². The molecule has 1 fully saturated rings. The monoisotopic (exact) mass is 390 g/mol. The van der Waals surface area contributed by atoms with E-state index in [0.29, 0.717) is 24.2 Å². The van der Waals surface area contributed by atoms with Crippen molar-refractivity contribution in [2.75, 3.05) is 26.2 Å². The predicted octanol–water partition coefficient (Wildman–Crippen LogP) is 3.85. The number of piperazine rings is 1. The molecule has 0 N–H and O–H groups in total. The molecule has 24 heavy (non-hydrogen) atoms. The molecule has 0 saturated carbocycles. The second kappa shape index (κ2) is 7.45. The fraction of sp³-hybridized carbons (Fsp3) is 0.316. The number of nitrogens with zero attached hydrogens (tertiary/aromatic N) is 2. The highest BCUT2D eigenvalue weighted by atomic mass is 79.9. The number of amides is 1.